The fourth-order valence-electron chi connectivity index (χ4n) is 2.67. The van der Waals surface area contributed by atoms with E-state index in [0.29, 0.717) is 0 Å². The molecule has 1 atom stereocenters. The molecular weight excluding hydrogens is 378 g/mol. The van der Waals surface area contributed by atoms with Gasteiger partial charge in [-0.25, -0.2) is 14.4 Å². The van der Waals surface area contributed by atoms with E-state index in [2.05, 4.69) is 9.73 Å². The Morgan fingerprint density at radius 2 is 1.93 bits per heavy atom. The van der Waals surface area contributed by atoms with Crippen molar-refractivity contribution in [3.8, 4) is 0 Å². The Labute approximate surface area is 160 Å². The van der Waals surface area contributed by atoms with Gasteiger partial charge in [0.25, 0.3) is 0 Å². The van der Waals surface area contributed by atoms with E-state index in [0.717, 1.165) is 43.9 Å². The summed E-state index contributed by atoms with van der Waals surface area (Å²) in [5.41, 5.74) is 0. The smallest absolute Gasteiger partial charge is 0.461 e. The van der Waals surface area contributed by atoms with E-state index in [1.165, 1.54) is 13.8 Å². The molecule has 150 valence electrons. The van der Waals surface area contributed by atoms with Gasteiger partial charge in [0.2, 0.25) is 5.91 Å². The summed E-state index contributed by atoms with van der Waals surface area (Å²) in [6.45, 7) is 2.53. The van der Waals surface area contributed by atoms with Gasteiger partial charge in [0, 0.05) is 12.7 Å². The molecule has 10 heteroatoms. The SMILES string of the molecule is CC(=O)N[C@@H](CSC(=O)OCc1oc(=O)oc1C)C(=O)OC1CCCCC1. The average molecular weight is 401 g/mol. The molecule has 1 aromatic heterocycles. The van der Waals surface area contributed by atoms with Gasteiger partial charge in [-0.1, -0.05) is 6.42 Å². The molecule has 1 heterocycles. The van der Waals surface area contributed by atoms with Gasteiger partial charge in [0.1, 0.15) is 12.1 Å². The molecule has 27 heavy (non-hydrogen) atoms. The van der Waals surface area contributed by atoms with E-state index in [1.54, 1.807) is 0 Å². The Kier molecular flexibility index (Phi) is 7.96. The van der Waals surface area contributed by atoms with Crippen LogP contribution in [-0.4, -0.2) is 35.1 Å². The van der Waals surface area contributed by atoms with Crippen LogP contribution in [0.3, 0.4) is 0 Å². The minimum atomic E-state index is -0.949. The maximum Gasteiger partial charge on any atom is 0.519 e. The highest BCUT2D eigenvalue weighted by Crippen LogP contribution is 2.21. The van der Waals surface area contributed by atoms with Gasteiger partial charge in [-0.05, 0) is 44.4 Å². The molecular formula is C17H23NO8S. The van der Waals surface area contributed by atoms with Crippen molar-refractivity contribution in [2.45, 2.75) is 64.7 Å². The molecule has 0 bridgehead atoms. The lowest BCUT2D eigenvalue weighted by molar-refractivity contribution is -0.153. The zero-order valence-corrected chi connectivity index (χ0v) is 16.1. The zero-order chi connectivity index (χ0) is 19.8. The van der Waals surface area contributed by atoms with E-state index >= 15 is 0 Å². The Balaban J connectivity index is 1.82. The second-order valence-electron chi connectivity index (χ2n) is 6.23. The number of aryl methyl sites for hydroxylation is 1. The third-order valence-corrected chi connectivity index (χ3v) is 4.88. The van der Waals surface area contributed by atoms with Crippen LogP contribution in [0.2, 0.25) is 0 Å². The third kappa shape index (κ3) is 7.12. The summed E-state index contributed by atoms with van der Waals surface area (Å²) in [4.78, 5) is 46.5. The number of thioether (sulfide) groups is 1. The molecule has 9 nitrogen and oxygen atoms in total. The number of nitrogens with one attached hydrogen (secondary N) is 1. The van der Waals surface area contributed by atoms with Crippen molar-refractivity contribution in [1.29, 1.82) is 0 Å². The zero-order valence-electron chi connectivity index (χ0n) is 15.3. The van der Waals surface area contributed by atoms with Crippen LogP contribution in [0, 0.1) is 6.92 Å². The lowest BCUT2D eigenvalue weighted by Crippen LogP contribution is -2.44. The molecule has 0 spiro atoms. The average Bonchev–Trinajstić information content (AvgIpc) is 2.94. The quantitative estimate of drug-likeness (QED) is 0.685. The maximum atomic E-state index is 12.3. The van der Waals surface area contributed by atoms with Crippen molar-refractivity contribution in [2.24, 2.45) is 0 Å². The van der Waals surface area contributed by atoms with Gasteiger partial charge < -0.3 is 23.6 Å². The van der Waals surface area contributed by atoms with E-state index in [1.807, 2.05) is 0 Å². The van der Waals surface area contributed by atoms with Crippen molar-refractivity contribution in [3.05, 3.63) is 22.1 Å². The molecule has 0 aliphatic heterocycles. The number of ether oxygens (including phenoxy) is 2. The predicted molar refractivity (Wildman–Crippen MR) is 95.2 cm³/mol. The standard InChI is InChI=1S/C17H23NO8S/c1-10-14(26-16(21)24-10)8-23-17(22)27-9-13(18-11(2)19)15(20)25-12-6-4-3-5-7-12/h12-13H,3-9H2,1-2H3,(H,18,19)/t13-/m0/s1. The van der Waals surface area contributed by atoms with Crippen molar-refractivity contribution < 1.29 is 32.7 Å². The number of rotatable bonds is 7. The minimum absolute atomic E-state index is 0.0295. The first-order valence-electron chi connectivity index (χ1n) is 8.71. The number of hydrogen-bond donors (Lipinski definition) is 1. The number of esters is 1. The van der Waals surface area contributed by atoms with Crippen LogP contribution in [-0.2, 0) is 25.7 Å². The summed E-state index contributed by atoms with van der Waals surface area (Å²) in [5, 5.41) is 1.81. The Morgan fingerprint density at radius 1 is 1.22 bits per heavy atom. The Bertz CT molecular complexity index is 719. The van der Waals surface area contributed by atoms with Crippen LogP contribution in [0.5, 0.6) is 0 Å². The molecule has 1 N–H and O–H groups in total. The monoisotopic (exact) mass is 401 g/mol. The topological polar surface area (TPSA) is 125 Å². The Hall–Kier alpha value is -2.23. The minimum Gasteiger partial charge on any atom is -0.461 e. The summed E-state index contributed by atoms with van der Waals surface area (Å²) in [6, 6.07) is -0.949. The molecule has 0 aromatic carbocycles. The van der Waals surface area contributed by atoms with E-state index in [-0.39, 0.29) is 30.0 Å². The summed E-state index contributed by atoms with van der Waals surface area (Å²) in [6.07, 6.45) is 4.61. The summed E-state index contributed by atoms with van der Waals surface area (Å²) >= 11 is 0.722. The summed E-state index contributed by atoms with van der Waals surface area (Å²) in [5.74, 6) is -1.52. The lowest BCUT2D eigenvalue weighted by atomic mass is 9.98. The van der Waals surface area contributed by atoms with Gasteiger partial charge >= 0.3 is 17.1 Å². The largest absolute Gasteiger partial charge is 0.519 e. The lowest BCUT2D eigenvalue weighted by Gasteiger charge is -2.24. The van der Waals surface area contributed by atoms with Gasteiger partial charge in [-0.2, -0.15) is 0 Å². The van der Waals surface area contributed by atoms with Crippen LogP contribution in [0.25, 0.3) is 0 Å². The van der Waals surface area contributed by atoms with Gasteiger partial charge in [-0.15, -0.1) is 0 Å². The predicted octanol–water partition coefficient (Wildman–Crippen LogP) is 2.29. The molecule has 1 fully saturated rings. The molecule has 1 amide bonds. The van der Waals surface area contributed by atoms with Crippen LogP contribution in [0.4, 0.5) is 4.79 Å². The van der Waals surface area contributed by atoms with Crippen LogP contribution in [0.15, 0.2) is 13.6 Å². The van der Waals surface area contributed by atoms with Crippen LogP contribution in [0.1, 0.15) is 50.5 Å². The molecule has 0 saturated heterocycles. The molecule has 1 saturated carbocycles. The molecule has 1 aromatic rings. The number of amides is 1. The highest BCUT2D eigenvalue weighted by atomic mass is 32.2. The highest BCUT2D eigenvalue weighted by Gasteiger charge is 2.27. The van der Waals surface area contributed by atoms with E-state index in [4.69, 9.17) is 13.9 Å². The van der Waals surface area contributed by atoms with Crippen LogP contribution >= 0.6 is 11.8 Å². The molecule has 1 aliphatic carbocycles. The number of carbonyl (C=O) groups excluding carboxylic acids is 3. The van der Waals surface area contributed by atoms with Crippen molar-refractivity contribution >= 4 is 28.9 Å². The third-order valence-electron chi connectivity index (χ3n) is 4.02. The van der Waals surface area contributed by atoms with Crippen molar-refractivity contribution in [3.63, 3.8) is 0 Å². The second kappa shape index (κ2) is 10.2. The first-order chi connectivity index (χ1) is 12.8. The molecule has 1 aliphatic rings. The van der Waals surface area contributed by atoms with Gasteiger partial charge in [-0.3, -0.25) is 4.79 Å². The summed E-state index contributed by atoms with van der Waals surface area (Å²) < 4.78 is 19.8. The van der Waals surface area contributed by atoms with Crippen molar-refractivity contribution in [2.75, 3.05) is 5.75 Å². The highest BCUT2D eigenvalue weighted by molar-refractivity contribution is 8.13. The molecule has 2 rings (SSSR count). The molecule has 0 radical (unpaired) electrons. The maximum absolute atomic E-state index is 12.3. The number of hydrogen-bond acceptors (Lipinski definition) is 9. The normalized spacial score (nSPS) is 15.8. The van der Waals surface area contributed by atoms with Gasteiger partial charge in [0.05, 0.1) is 0 Å². The number of carbonyl (C=O) groups is 3. The first-order valence-corrected chi connectivity index (χ1v) is 9.70. The fourth-order valence-corrected chi connectivity index (χ4v) is 3.33. The molecule has 0 unspecified atom stereocenters. The summed E-state index contributed by atoms with van der Waals surface area (Å²) in [7, 11) is 0. The Morgan fingerprint density at radius 3 is 2.52 bits per heavy atom. The van der Waals surface area contributed by atoms with Gasteiger partial charge in [0.15, 0.2) is 18.1 Å². The van der Waals surface area contributed by atoms with E-state index in [9.17, 15) is 19.2 Å². The second-order valence-corrected chi connectivity index (χ2v) is 7.19. The van der Waals surface area contributed by atoms with Crippen molar-refractivity contribution in [1.82, 2.24) is 5.32 Å². The first kappa shape index (κ1) is 21.1. The van der Waals surface area contributed by atoms with E-state index < -0.39 is 29.0 Å². The fraction of sp³-hybridized carbons (Fsp3) is 0.647. The van der Waals surface area contributed by atoms with Crippen LogP contribution < -0.4 is 11.1 Å².